The number of piperidine rings is 3. The summed E-state index contributed by atoms with van der Waals surface area (Å²) in [6, 6.07) is 12.5. The summed E-state index contributed by atoms with van der Waals surface area (Å²) in [5.41, 5.74) is 1.44. The highest BCUT2D eigenvalue weighted by atomic mass is 16.2. The Labute approximate surface area is 201 Å². The van der Waals surface area contributed by atoms with E-state index < -0.39 is 0 Å². The lowest BCUT2D eigenvalue weighted by Crippen LogP contribution is -2.64. The Bertz CT molecular complexity index is 768. The van der Waals surface area contributed by atoms with Crippen LogP contribution in [0.15, 0.2) is 30.3 Å². The second kappa shape index (κ2) is 10.9. The molecule has 0 aliphatic carbocycles. The lowest BCUT2D eigenvalue weighted by Gasteiger charge is -2.57. The van der Waals surface area contributed by atoms with E-state index in [9.17, 15) is 4.79 Å². The van der Waals surface area contributed by atoms with Crippen LogP contribution in [0.25, 0.3) is 0 Å². The number of carbonyl (C=O) groups excluding carboxylic acids is 1. The van der Waals surface area contributed by atoms with Gasteiger partial charge in [-0.05, 0) is 89.0 Å². The van der Waals surface area contributed by atoms with Crippen LogP contribution in [0.3, 0.4) is 0 Å². The molecule has 0 unspecified atom stereocenters. The molecule has 1 aromatic carbocycles. The third-order valence-electron chi connectivity index (χ3n) is 8.97. The van der Waals surface area contributed by atoms with Gasteiger partial charge in [0.25, 0.3) is 0 Å². The van der Waals surface area contributed by atoms with Gasteiger partial charge in [-0.3, -0.25) is 14.6 Å². The summed E-state index contributed by atoms with van der Waals surface area (Å²) in [5.74, 6) is 2.00. The number of hydrogen-bond donors (Lipinski definition) is 0. The van der Waals surface area contributed by atoms with E-state index in [1.54, 1.807) is 0 Å². The van der Waals surface area contributed by atoms with E-state index in [0.29, 0.717) is 11.9 Å². The Morgan fingerprint density at radius 1 is 0.939 bits per heavy atom. The molecule has 0 saturated carbocycles. The molecular weight excluding hydrogens is 408 g/mol. The maximum Gasteiger partial charge on any atom is 0.222 e. The molecule has 4 heterocycles. The molecule has 4 aliphatic heterocycles. The average molecular weight is 453 g/mol. The molecule has 33 heavy (non-hydrogen) atoms. The Balaban J connectivity index is 1.25. The topological polar surface area (TPSA) is 30.0 Å². The fourth-order valence-corrected chi connectivity index (χ4v) is 7.40. The fourth-order valence-electron chi connectivity index (χ4n) is 7.40. The van der Waals surface area contributed by atoms with E-state index in [1.165, 1.54) is 57.3 Å². The standard InChI is InChI=1S/C28H44N4O/c1-29-15-8-18-30(20-19-29)27(33)14-5-13-26-25-12-7-17-31-16-6-11-24(28(25)31)22-32(26)21-23-9-3-2-4-10-23/h2-4,9-10,24-26,28H,5-8,11-22H2,1H3/t24-,25+,26+,28-/m0/s1. The molecule has 0 spiro atoms. The van der Waals surface area contributed by atoms with Gasteiger partial charge in [-0.15, -0.1) is 0 Å². The smallest absolute Gasteiger partial charge is 0.222 e. The zero-order chi connectivity index (χ0) is 22.6. The van der Waals surface area contributed by atoms with Crippen LogP contribution in [-0.4, -0.2) is 90.5 Å². The minimum atomic E-state index is 0.386. The number of carbonyl (C=O) groups is 1. The Kier molecular flexibility index (Phi) is 7.69. The summed E-state index contributed by atoms with van der Waals surface area (Å²) in [6.07, 6.45) is 9.54. The first-order chi connectivity index (χ1) is 16.2. The monoisotopic (exact) mass is 452 g/mol. The predicted molar refractivity (Wildman–Crippen MR) is 134 cm³/mol. The first-order valence-electron chi connectivity index (χ1n) is 13.7. The highest BCUT2D eigenvalue weighted by molar-refractivity contribution is 5.76. The molecule has 182 valence electrons. The summed E-state index contributed by atoms with van der Waals surface area (Å²) in [7, 11) is 2.17. The van der Waals surface area contributed by atoms with Crippen LogP contribution in [0, 0.1) is 11.8 Å². The van der Waals surface area contributed by atoms with Crippen molar-refractivity contribution in [2.75, 3.05) is 52.9 Å². The van der Waals surface area contributed by atoms with Gasteiger partial charge in [-0.2, -0.15) is 0 Å². The van der Waals surface area contributed by atoms with Gasteiger partial charge in [0.15, 0.2) is 0 Å². The quantitative estimate of drug-likeness (QED) is 0.658. The Morgan fingerprint density at radius 3 is 2.61 bits per heavy atom. The number of likely N-dealkylation sites (tertiary alicyclic amines) is 1. The van der Waals surface area contributed by atoms with Crippen LogP contribution in [0.1, 0.15) is 56.9 Å². The van der Waals surface area contributed by atoms with Crippen molar-refractivity contribution >= 4 is 5.91 Å². The average Bonchev–Trinajstić information content (AvgIpc) is 3.06. The van der Waals surface area contributed by atoms with E-state index >= 15 is 0 Å². The third-order valence-corrected chi connectivity index (χ3v) is 8.97. The van der Waals surface area contributed by atoms with Crippen LogP contribution in [-0.2, 0) is 11.3 Å². The summed E-state index contributed by atoms with van der Waals surface area (Å²) >= 11 is 0. The molecule has 5 heteroatoms. The Hall–Kier alpha value is -1.43. The van der Waals surface area contributed by atoms with Crippen molar-refractivity contribution in [3.63, 3.8) is 0 Å². The van der Waals surface area contributed by atoms with Crippen molar-refractivity contribution in [3.05, 3.63) is 35.9 Å². The van der Waals surface area contributed by atoms with Crippen LogP contribution >= 0.6 is 0 Å². The molecule has 4 aliphatic rings. The van der Waals surface area contributed by atoms with Gasteiger partial charge in [0.2, 0.25) is 5.91 Å². The van der Waals surface area contributed by atoms with E-state index in [4.69, 9.17) is 0 Å². The van der Waals surface area contributed by atoms with E-state index in [1.807, 2.05) is 0 Å². The second-order valence-corrected chi connectivity index (χ2v) is 11.1. The van der Waals surface area contributed by atoms with Gasteiger partial charge < -0.3 is 9.80 Å². The number of rotatable bonds is 6. The summed E-state index contributed by atoms with van der Waals surface area (Å²) in [6.45, 7) is 8.90. The van der Waals surface area contributed by atoms with E-state index in [-0.39, 0.29) is 0 Å². The molecule has 0 N–H and O–H groups in total. The van der Waals surface area contributed by atoms with E-state index in [2.05, 4.69) is 57.0 Å². The molecule has 1 aromatic rings. The Morgan fingerprint density at radius 2 is 1.76 bits per heavy atom. The molecule has 5 rings (SSSR count). The summed E-state index contributed by atoms with van der Waals surface area (Å²) < 4.78 is 0. The van der Waals surface area contributed by atoms with Gasteiger partial charge in [0.1, 0.15) is 0 Å². The zero-order valence-corrected chi connectivity index (χ0v) is 20.7. The van der Waals surface area contributed by atoms with Gasteiger partial charge in [0.05, 0.1) is 0 Å². The van der Waals surface area contributed by atoms with Gasteiger partial charge >= 0.3 is 0 Å². The zero-order valence-electron chi connectivity index (χ0n) is 20.7. The molecule has 4 fully saturated rings. The lowest BCUT2D eigenvalue weighted by atomic mass is 9.69. The maximum atomic E-state index is 13.0. The third kappa shape index (κ3) is 5.47. The highest BCUT2D eigenvalue weighted by Gasteiger charge is 2.48. The summed E-state index contributed by atoms with van der Waals surface area (Å²) in [5, 5.41) is 0. The van der Waals surface area contributed by atoms with Crippen molar-refractivity contribution in [2.24, 2.45) is 11.8 Å². The summed E-state index contributed by atoms with van der Waals surface area (Å²) in [4.78, 5) is 23.1. The van der Waals surface area contributed by atoms with Crippen molar-refractivity contribution in [2.45, 2.75) is 70.0 Å². The second-order valence-electron chi connectivity index (χ2n) is 11.1. The SMILES string of the molecule is CN1CCCN(C(=O)CCC[C@@H]2[C@H]3CCCN4CCC[C@@H](CN2Cc2ccccc2)[C@@H]34)CC1. The molecule has 1 amide bonds. The molecular formula is C28H44N4O. The molecule has 4 atom stereocenters. The van der Waals surface area contributed by atoms with E-state index in [0.717, 1.165) is 69.9 Å². The predicted octanol–water partition coefficient (Wildman–Crippen LogP) is 3.70. The van der Waals surface area contributed by atoms with Crippen LogP contribution < -0.4 is 0 Å². The number of amides is 1. The largest absolute Gasteiger partial charge is 0.341 e. The van der Waals surface area contributed by atoms with Crippen molar-refractivity contribution < 1.29 is 4.79 Å². The van der Waals surface area contributed by atoms with Crippen molar-refractivity contribution in [1.82, 2.24) is 19.6 Å². The molecule has 0 radical (unpaired) electrons. The van der Waals surface area contributed by atoms with Crippen LogP contribution in [0.2, 0.25) is 0 Å². The molecule has 0 aromatic heterocycles. The van der Waals surface area contributed by atoms with Crippen molar-refractivity contribution in [3.8, 4) is 0 Å². The van der Waals surface area contributed by atoms with Gasteiger partial charge in [0, 0.05) is 51.2 Å². The first kappa shape index (κ1) is 23.3. The number of benzene rings is 1. The fraction of sp³-hybridized carbons (Fsp3) is 0.750. The number of likely N-dealkylation sites (N-methyl/N-ethyl adjacent to an activating group) is 1. The van der Waals surface area contributed by atoms with Crippen molar-refractivity contribution in [1.29, 1.82) is 0 Å². The highest BCUT2D eigenvalue weighted by Crippen LogP contribution is 2.43. The first-order valence-corrected chi connectivity index (χ1v) is 13.7. The molecule has 5 nitrogen and oxygen atoms in total. The normalized spacial score (nSPS) is 31.7. The van der Waals surface area contributed by atoms with Gasteiger partial charge in [-0.1, -0.05) is 30.3 Å². The number of nitrogens with zero attached hydrogens (tertiary/aromatic N) is 4. The molecule has 4 saturated heterocycles. The van der Waals surface area contributed by atoms with Gasteiger partial charge in [-0.25, -0.2) is 0 Å². The lowest BCUT2D eigenvalue weighted by molar-refractivity contribution is -0.131. The maximum absolute atomic E-state index is 13.0. The minimum absolute atomic E-state index is 0.386. The van der Waals surface area contributed by atoms with Crippen LogP contribution in [0.5, 0.6) is 0 Å². The minimum Gasteiger partial charge on any atom is -0.341 e. The van der Waals surface area contributed by atoms with Crippen LogP contribution in [0.4, 0.5) is 0 Å². The molecule has 0 bridgehead atoms. The number of hydrogen-bond acceptors (Lipinski definition) is 4.